The lowest BCUT2D eigenvalue weighted by Gasteiger charge is -2.30. The van der Waals surface area contributed by atoms with E-state index in [1.807, 2.05) is 36.4 Å². The Labute approximate surface area is 360 Å². The summed E-state index contributed by atoms with van der Waals surface area (Å²) >= 11 is 0. The first-order valence-corrected chi connectivity index (χ1v) is 21.6. The fourth-order valence-electron chi connectivity index (χ4n) is 11.8. The van der Waals surface area contributed by atoms with Gasteiger partial charge in [0.05, 0.1) is 38.5 Å². The van der Waals surface area contributed by atoms with E-state index < -0.39 is 5.41 Å². The van der Waals surface area contributed by atoms with Crippen molar-refractivity contribution >= 4 is 65.4 Å². The van der Waals surface area contributed by atoms with Crippen LogP contribution in [0.15, 0.2) is 200 Å². The van der Waals surface area contributed by atoms with Gasteiger partial charge in [0.2, 0.25) is 0 Å². The van der Waals surface area contributed by atoms with E-state index in [-0.39, 0.29) is 0 Å². The highest BCUT2D eigenvalue weighted by Gasteiger charge is 2.51. The topological polar surface area (TPSA) is 47.5 Å². The first-order valence-electron chi connectivity index (χ1n) is 21.6. The average molecular weight is 800 g/mol. The van der Waals surface area contributed by atoms with E-state index in [2.05, 4.69) is 173 Å². The SMILES string of the molecule is c1ccc(-c2nc(-c3ccccc3)nc(-c3cccc4c5cccc6c5n(c5cccc7c5c5c(ccc8c9ccccc9n6c85)C75c6ccccc6-c6ccccc65)c34)n2)cc1. The van der Waals surface area contributed by atoms with Gasteiger partial charge >= 0.3 is 0 Å². The summed E-state index contributed by atoms with van der Waals surface area (Å²) in [6.07, 6.45) is 0. The maximum Gasteiger partial charge on any atom is 0.166 e. The zero-order chi connectivity index (χ0) is 41.0. The average Bonchev–Trinajstić information content (AvgIpc) is 4.06. The van der Waals surface area contributed by atoms with E-state index in [1.54, 1.807) is 0 Å². The predicted octanol–water partition coefficient (Wildman–Crippen LogP) is 13.8. The standard InChI is InChI=1S/C58H33N5/c1-3-16-34(17-4-1)55-59-56(35-18-5-2-6-19-35)61-57(60-55)42-25-13-23-39-40-24-14-31-49-53(40)63(52(39)42)48-30-15-28-45-50(48)51-46(33-32-41-38-22-9-12-29-47(38)62(49)54(41)51)58(45)43-26-10-7-20-36(43)37-21-8-11-27-44(37)58/h1-33H. The van der Waals surface area contributed by atoms with Crippen molar-refractivity contribution in [3.63, 3.8) is 0 Å². The molecule has 1 spiro atoms. The van der Waals surface area contributed by atoms with Crippen LogP contribution < -0.4 is 0 Å². The van der Waals surface area contributed by atoms with Crippen LogP contribution in [0.4, 0.5) is 0 Å². The third-order valence-electron chi connectivity index (χ3n) is 14.1. The molecule has 2 aliphatic rings. The van der Waals surface area contributed by atoms with Crippen molar-refractivity contribution < 1.29 is 0 Å². The second-order valence-corrected chi connectivity index (χ2v) is 17.0. The number of hydrogen-bond donors (Lipinski definition) is 0. The normalized spacial score (nSPS) is 13.5. The Morgan fingerprint density at radius 1 is 0.286 bits per heavy atom. The van der Waals surface area contributed by atoms with Crippen LogP contribution in [-0.4, -0.2) is 23.8 Å². The zero-order valence-electron chi connectivity index (χ0n) is 33.8. The van der Waals surface area contributed by atoms with Gasteiger partial charge in [-0.1, -0.05) is 176 Å². The lowest BCUT2D eigenvalue weighted by atomic mass is 9.70. The van der Waals surface area contributed by atoms with E-state index in [0.29, 0.717) is 17.5 Å². The van der Waals surface area contributed by atoms with Crippen molar-refractivity contribution in [1.82, 2.24) is 23.8 Å². The molecule has 0 amide bonds. The largest absolute Gasteiger partial charge is 0.306 e. The molecule has 63 heavy (non-hydrogen) atoms. The molecule has 5 heteroatoms. The van der Waals surface area contributed by atoms with Crippen molar-refractivity contribution in [3.05, 3.63) is 222 Å². The van der Waals surface area contributed by atoms with Gasteiger partial charge in [-0.25, -0.2) is 15.0 Å². The lowest BCUT2D eigenvalue weighted by Crippen LogP contribution is -2.26. The monoisotopic (exact) mass is 799 g/mol. The van der Waals surface area contributed by atoms with E-state index in [1.165, 1.54) is 71.3 Å². The summed E-state index contributed by atoms with van der Waals surface area (Å²) in [5.41, 5.74) is 17.2. The number of benzene rings is 9. The number of para-hydroxylation sites is 3. The molecule has 0 saturated heterocycles. The number of aromatic nitrogens is 5. The minimum absolute atomic E-state index is 0.520. The van der Waals surface area contributed by atoms with E-state index >= 15 is 0 Å². The Bertz CT molecular complexity index is 4040. The van der Waals surface area contributed by atoms with Gasteiger partial charge in [-0.15, -0.1) is 0 Å². The summed E-state index contributed by atoms with van der Waals surface area (Å²) in [7, 11) is 0. The number of hydrogen-bond acceptors (Lipinski definition) is 3. The van der Waals surface area contributed by atoms with Crippen LogP contribution in [0.1, 0.15) is 22.3 Å². The Balaban J connectivity index is 1.20. The molecular weight excluding hydrogens is 767 g/mol. The molecule has 5 nitrogen and oxygen atoms in total. The third-order valence-corrected chi connectivity index (χ3v) is 14.1. The Morgan fingerprint density at radius 3 is 1.51 bits per heavy atom. The molecule has 0 atom stereocenters. The summed E-state index contributed by atoms with van der Waals surface area (Å²) in [5, 5.41) is 7.39. The molecule has 0 fully saturated rings. The molecule has 0 bridgehead atoms. The second-order valence-electron chi connectivity index (χ2n) is 17.0. The van der Waals surface area contributed by atoms with Gasteiger partial charge in [0.1, 0.15) is 0 Å². The van der Waals surface area contributed by atoms with E-state index in [0.717, 1.165) is 44.1 Å². The van der Waals surface area contributed by atoms with Crippen LogP contribution in [0, 0.1) is 0 Å². The Morgan fingerprint density at radius 2 is 0.778 bits per heavy atom. The highest BCUT2D eigenvalue weighted by Crippen LogP contribution is 2.63. The molecule has 9 aromatic carbocycles. The molecule has 13 aromatic rings. The van der Waals surface area contributed by atoms with Crippen molar-refractivity contribution in [2.24, 2.45) is 0 Å². The van der Waals surface area contributed by atoms with Crippen molar-refractivity contribution in [1.29, 1.82) is 0 Å². The van der Waals surface area contributed by atoms with Crippen LogP contribution in [0.2, 0.25) is 0 Å². The minimum Gasteiger partial charge on any atom is -0.306 e. The predicted molar refractivity (Wildman–Crippen MR) is 256 cm³/mol. The van der Waals surface area contributed by atoms with Crippen molar-refractivity contribution in [2.45, 2.75) is 5.41 Å². The third kappa shape index (κ3) is 4.05. The van der Waals surface area contributed by atoms with Gasteiger partial charge < -0.3 is 8.80 Å². The molecule has 4 heterocycles. The zero-order valence-corrected chi connectivity index (χ0v) is 33.8. The fraction of sp³-hybridized carbons (Fsp3) is 0.0172. The van der Waals surface area contributed by atoms with Crippen LogP contribution in [0.5, 0.6) is 0 Å². The summed E-state index contributed by atoms with van der Waals surface area (Å²) in [6.45, 7) is 0. The van der Waals surface area contributed by atoms with Gasteiger partial charge in [0.15, 0.2) is 17.5 Å². The first kappa shape index (κ1) is 33.3. The second kappa shape index (κ2) is 11.9. The highest BCUT2D eigenvalue weighted by molar-refractivity contribution is 6.27. The summed E-state index contributed by atoms with van der Waals surface area (Å²) in [4.78, 5) is 15.7. The Hall–Kier alpha value is -8.41. The Kier molecular flexibility index (Phi) is 6.30. The highest BCUT2D eigenvalue weighted by atomic mass is 15.0. The van der Waals surface area contributed by atoms with E-state index in [4.69, 9.17) is 15.0 Å². The molecule has 15 rings (SSSR count). The molecule has 0 aliphatic heterocycles. The van der Waals surface area contributed by atoms with Crippen LogP contribution in [0.3, 0.4) is 0 Å². The lowest BCUT2D eigenvalue weighted by molar-refractivity contribution is 0.797. The number of nitrogens with zero attached hydrogens (tertiary/aromatic N) is 5. The van der Waals surface area contributed by atoms with Gasteiger partial charge in [0.25, 0.3) is 0 Å². The van der Waals surface area contributed by atoms with Gasteiger partial charge in [-0.2, -0.15) is 0 Å². The summed E-state index contributed by atoms with van der Waals surface area (Å²) < 4.78 is 5.12. The van der Waals surface area contributed by atoms with E-state index in [9.17, 15) is 0 Å². The molecule has 0 radical (unpaired) electrons. The van der Waals surface area contributed by atoms with Crippen LogP contribution in [-0.2, 0) is 5.41 Å². The smallest absolute Gasteiger partial charge is 0.166 e. The molecule has 0 N–H and O–H groups in total. The maximum absolute atomic E-state index is 5.33. The number of rotatable bonds is 3. The van der Waals surface area contributed by atoms with Crippen LogP contribution in [0.25, 0.3) is 111 Å². The number of fused-ring (bicyclic) bond motifs is 15. The summed E-state index contributed by atoms with van der Waals surface area (Å²) in [6, 6.07) is 72.9. The fourth-order valence-corrected chi connectivity index (χ4v) is 11.8. The molecular formula is C58H33N5. The van der Waals surface area contributed by atoms with Gasteiger partial charge in [0, 0.05) is 49.0 Å². The first-order chi connectivity index (χ1) is 31.3. The molecule has 290 valence electrons. The van der Waals surface area contributed by atoms with Crippen molar-refractivity contribution in [2.75, 3.05) is 0 Å². The maximum atomic E-state index is 5.33. The summed E-state index contributed by atoms with van der Waals surface area (Å²) in [5.74, 6) is 1.91. The molecule has 2 aliphatic carbocycles. The van der Waals surface area contributed by atoms with Gasteiger partial charge in [-0.05, 0) is 57.6 Å². The molecule has 0 unspecified atom stereocenters. The van der Waals surface area contributed by atoms with Gasteiger partial charge in [-0.3, -0.25) is 0 Å². The minimum atomic E-state index is -0.520. The van der Waals surface area contributed by atoms with Crippen molar-refractivity contribution in [3.8, 4) is 45.3 Å². The van der Waals surface area contributed by atoms with Crippen LogP contribution >= 0.6 is 0 Å². The molecule has 0 saturated carbocycles. The quantitative estimate of drug-likeness (QED) is 0.179. The molecule has 4 aromatic heterocycles.